The van der Waals surface area contributed by atoms with Crippen LogP contribution in [0.1, 0.15) is 37.5 Å². The van der Waals surface area contributed by atoms with Crippen molar-refractivity contribution in [1.82, 2.24) is 4.90 Å². The predicted octanol–water partition coefficient (Wildman–Crippen LogP) is 2.57. The number of aliphatic hydroxyl groups excluding tert-OH is 1. The van der Waals surface area contributed by atoms with Crippen LogP contribution in [-0.2, 0) is 6.54 Å². The molecule has 1 N–H and O–H groups in total. The van der Waals surface area contributed by atoms with Gasteiger partial charge in [-0.15, -0.1) is 0 Å². The molecule has 1 heterocycles. The van der Waals surface area contributed by atoms with Gasteiger partial charge in [0.25, 0.3) is 0 Å². The number of hydrogen-bond donors (Lipinski definition) is 1. The zero-order chi connectivity index (χ0) is 11.8. The van der Waals surface area contributed by atoms with Gasteiger partial charge in [0.05, 0.1) is 19.4 Å². The summed E-state index contributed by atoms with van der Waals surface area (Å²) in [5, 5.41) is 9.02. The number of furan rings is 1. The number of rotatable bonds is 8. The summed E-state index contributed by atoms with van der Waals surface area (Å²) in [5.41, 5.74) is 1.19. The Labute approximate surface area is 98.1 Å². The average Bonchev–Trinajstić information content (AvgIpc) is 2.65. The fraction of sp³-hybridized carbons (Fsp3) is 0.692. The van der Waals surface area contributed by atoms with Crippen molar-refractivity contribution in [3.63, 3.8) is 0 Å². The quantitative estimate of drug-likeness (QED) is 0.691. The van der Waals surface area contributed by atoms with E-state index in [2.05, 4.69) is 18.7 Å². The molecule has 16 heavy (non-hydrogen) atoms. The van der Waals surface area contributed by atoms with Gasteiger partial charge in [0.2, 0.25) is 0 Å². The maximum Gasteiger partial charge on any atom is 0.120 e. The van der Waals surface area contributed by atoms with Crippen LogP contribution in [0.4, 0.5) is 0 Å². The highest BCUT2D eigenvalue weighted by molar-refractivity contribution is 5.14. The third-order valence-electron chi connectivity index (χ3n) is 2.83. The summed E-state index contributed by atoms with van der Waals surface area (Å²) in [6, 6.07) is 1.98. The highest BCUT2D eigenvalue weighted by Gasteiger charge is 2.09. The van der Waals surface area contributed by atoms with Crippen LogP contribution in [0.2, 0.25) is 0 Å². The van der Waals surface area contributed by atoms with Crippen LogP contribution in [0, 0.1) is 6.92 Å². The van der Waals surface area contributed by atoms with E-state index in [0.717, 1.165) is 25.4 Å². The number of hydrogen-bond acceptors (Lipinski definition) is 3. The van der Waals surface area contributed by atoms with Gasteiger partial charge in [-0.3, -0.25) is 4.90 Å². The van der Waals surface area contributed by atoms with E-state index in [9.17, 15) is 0 Å². The first-order valence-corrected chi connectivity index (χ1v) is 6.14. The first-order chi connectivity index (χ1) is 7.77. The van der Waals surface area contributed by atoms with E-state index in [1.165, 1.54) is 24.8 Å². The molecular formula is C13H23NO2. The third-order valence-corrected chi connectivity index (χ3v) is 2.83. The summed E-state index contributed by atoms with van der Waals surface area (Å²) in [5.74, 6) is 1.02. The van der Waals surface area contributed by atoms with E-state index in [1.54, 1.807) is 6.26 Å². The highest BCUT2D eigenvalue weighted by Crippen LogP contribution is 2.12. The fourth-order valence-corrected chi connectivity index (χ4v) is 1.77. The van der Waals surface area contributed by atoms with E-state index in [1.807, 2.05) is 6.07 Å². The molecule has 3 nitrogen and oxygen atoms in total. The first-order valence-electron chi connectivity index (χ1n) is 6.14. The Morgan fingerprint density at radius 2 is 2.12 bits per heavy atom. The zero-order valence-electron chi connectivity index (χ0n) is 10.4. The second-order valence-corrected chi connectivity index (χ2v) is 4.23. The van der Waals surface area contributed by atoms with Crippen molar-refractivity contribution in [2.45, 2.75) is 39.7 Å². The van der Waals surface area contributed by atoms with E-state index in [4.69, 9.17) is 9.52 Å². The van der Waals surface area contributed by atoms with Gasteiger partial charge in [0.1, 0.15) is 5.76 Å². The summed E-state index contributed by atoms with van der Waals surface area (Å²) in [4.78, 5) is 2.25. The maximum absolute atomic E-state index is 9.02. The van der Waals surface area contributed by atoms with Crippen LogP contribution < -0.4 is 0 Å². The molecule has 0 spiro atoms. The van der Waals surface area contributed by atoms with Gasteiger partial charge in [-0.1, -0.05) is 19.8 Å². The van der Waals surface area contributed by atoms with Crippen LogP contribution in [0.15, 0.2) is 16.7 Å². The van der Waals surface area contributed by atoms with Crippen LogP contribution in [0.25, 0.3) is 0 Å². The lowest BCUT2D eigenvalue weighted by molar-refractivity contribution is 0.178. The molecule has 1 aromatic heterocycles. The molecule has 3 heteroatoms. The Bertz CT molecular complexity index is 283. The summed E-state index contributed by atoms with van der Waals surface area (Å²) < 4.78 is 5.42. The molecule has 0 amide bonds. The standard InChI is InChI=1S/C13H23NO2/c1-3-4-5-7-14(8-9-15)11-13-12(2)6-10-16-13/h6,10,15H,3-5,7-9,11H2,1-2H3. The zero-order valence-corrected chi connectivity index (χ0v) is 10.4. The Balaban J connectivity index is 2.41. The average molecular weight is 225 g/mol. The highest BCUT2D eigenvalue weighted by atomic mass is 16.3. The maximum atomic E-state index is 9.02. The van der Waals surface area contributed by atoms with Gasteiger partial charge < -0.3 is 9.52 Å². The molecule has 0 fully saturated rings. The molecule has 0 unspecified atom stereocenters. The Kier molecular flexibility index (Phi) is 6.19. The number of nitrogens with zero attached hydrogens (tertiary/aromatic N) is 1. The molecule has 1 aromatic rings. The molecule has 0 aliphatic rings. The van der Waals surface area contributed by atoms with Crippen molar-refractivity contribution in [2.75, 3.05) is 19.7 Å². The van der Waals surface area contributed by atoms with Crippen LogP contribution in [-0.4, -0.2) is 29.7 Å². The van der Waals surface area contributed by atoms with Gasteiger partial charge in [0, 0.05) is 6.54 Å². The van der Waals surface area contributed by atoms with E-state index in [-0.39, 0.29) is 6.61 Å². The Morgan fingerprint density at radius 3 is 2.69 bits per heavy atom. The number of unbranched alkanes of at least 4 members (excludes halogenated alkanes) is 2. The number of aliphatic hydroxyl groups is 1. The number of aryl methyl sites for hydroxylation is 1. The molecule has 0 aromatic carbocycles. The third kappa shape index (κ3) is 4.37. The normalized spacial score (nSPS) is 11.2. The van der Waals surface area contributed by atoms with Crippen LogP contribution >= 0.6 is 0 Å². The minimum absolute atomic E-state index is 0.214. The second kappa shape index (κ2) is 7.47. The summed E-state index contributed by atoms with van der Waals surface area (Å²) >= 11 is 0. The minimum atomic E-state index is 0.214. The smallest absolute Gasteiger partial charge is 0.120 e. The van der Waals surface area contributed by atoms with Gasteiger partial charge in [0.15, 0.2) is 0 Å². The fourth-order valence-electron chi connectivity index (χ4n) is 1.77. The minimum Gasteiger partial charge on any atom is -0.468 e. The monoisotopic (exact) mass is 225 g/mol. The molecule has 0 saturated carbocycles. The molecule has 0 aliphatic carbocycles. The van der Waals surface area contributed by atoms with Crippen molar-refractivity contribution in [3.8, 4) is 0 Å². The second-order valence-electron chi connectivity index (χ2n) is 4.23. The van der Waals surface area contributed by atoms with E-state index < -0.39 is 0 Å². The van der Waals surface area contributed by atoms with E-state index in [0.29, 0.717) is 0 Å². The lowest BCUT2D eigenvalue weighted by Crippen LogP contribution is -2.27. The molecule has 92 valence electrons. The first kappa shape index (κ1) is 13.3. The van der Waals surface area contributed by atoms with Gasteiger partial charge >= 0.3 is 0 Å². The Morgan fingerprint density at radius 1 is 1.31 bits per heavy atom. The Hall–Kier alpha value is -0.800. The molecule has 1 rings (SSSR count). The van der Waals surface area contributed by atoms with Gasteiger partial charge in [-0.25, -0.2) is 0 Å². The van der Waals surface area contributed by atoms with Crippen molar-refractivity contribution < 1.29 is 9.52 Å². The predicted molar refractivity (Wildman–Crippen MR) is 65.3 cm³/mol. The lowest BCUT2D eigenvalue weighted by atomic mass is 10.2. The molecule has 0 atom stereocenters. The van der Waals surface area contributed by atoms with Crippen molar-refractivity contribution in [3.05, 3.63) is 23.7 Å². The van der Waals surface area contributed by atoms with Gasteiger partial charge in [-0.2, -0.15) is 0 Å². The molecule has 0 aliphatic heterocycles. The van der Waals surface area contributed by atoms with Crippen molar-refractivity contribution in [2.24, 2.45) is 0 Å². The van der Waals surface area contributed by atoms with Crippen LogP contribution in [0.5, 0.6) is 0 Å². The van der Waals surface area contributed by atoms with Crippen molar-refractivity contribution >= 4 is 0 Å². The van der Waals surface area contributed by atoms with Crippen LogP contribution in [0.3, 0.4) is 0 Å². The molecular weight excluding hydrogens is 202 g/mol. The SMILES string of the molecule is CCCCCN(CCO)Cc1occc1C. The van der Waals surface area contributed by atoms with Crippen molar-refractivity contribution in [1.29, 1.82) is 0 Å². The molecule has 0 radical (unpaired) electrons. The topological polar surface area (TPSA) is 36.6 Å². The largest absolute Gasteiger partial charge is 0.468 e. The summed E-state index contributed by atoms with van der Waals surface area (Å²) in [7, 11) is 0. The summed E-state index contributed by atoms with van der Waals surface area (Å²) in [6.45, 7) is 7.04. The molecule has 0 saturated heterocycles. The summed E-state index contributed by atoms with van der Waals surface area (Å²) in [6.07, 6.45) is 5.40. The van der Waals surface area contributed by atoms with E-state index >= 15 is 0 Å². The lowest BCUT2D eigenvalue weighted by Gasteiger charge is -2.20. The van der Waals surface area contributed by atoms with Gasteiger partial charge in [-0.05, 0) is 31.5 Å². The molecule has 0 bridgehead atoms.